The van der Waals surface area contributed by atoms with Crippen LogP contribution in [-0.2, 0) is 17.6 Å². The molecule has 1 atom stereocenters. The second kappa shape index (κ2) is 6.04. The Bertz CT molecular complexity index is 414. The maximum atomic E-state index is 11.8. The van der Waals surface area contributed by atoms with Crippen LogP contribution in [0.25, 0.3) is 0 Å². The van der Waals surface area contributed by atoms with E-state index in [1.54, 1.807) is 23.1 Å². The predicted molar refractivity (Wildman–Crippen MR) is 75.1 cm³/mol. The summed E-state index contributed by atoms with van der Waals surface area (Å²) in [6.45, 7) is 2.65. The van der Waals surface area contributed by atoms with Gasteiger partial charge >= 0.3 is 0 Å². The lowest BCUT2D eigenvalue weighted by molar-refractivity contribution is -0.137. The van der Waals surface area contributed by atoms with Crippen molar-refractivity contribution in [1.82, 2.24) is 10.3 Å². The molecule has 1 unspecified atom stereocenters. The zero-order valence-corrected chi connectivity index (χ0v) is 12.1. The lowest BCUT2D eigenvalue weighted by Crippen LogP contribution is -2.47. The molecule has 2 heterocycles. The Kier molecular flexibility index (Phi) is 4.64. The summed E-state index contributed by atoms with van der Waals surface area (Å²) in [7, 11) is 0. The predicted octanol–water partition coefficient (Wildman–Crippen LogP) is 1.23. The average molecular weight is 286 g/mol. The van der Waals surface area contributed by atoms with Crippen LogP contribution in [-0.4, -0.2) is 39.6 Å². The summed E-state index contributed by atoms with van der Waals surface area (Å²) in [5, 5.41) is 13.9. The van der Waals surface area contributed by atoms with Gasteiger partial charge in [0.25, 0.3) is 5.91 Å². The van der Waals surface area contributed by atoms with Gasteiger partial charge in [-0.05, 0) is 18.6 Å². The van der Waals surface area contributed by atoms with Crippen molar-refractivity contribution in [1.29, 1.82) is 0 Å². The number of thioether (sulfide) groups is 1. The number of aliphatic hydroxyl groups is 1. The van der Waals surface area contributed by atoms with Crippen molar-refractivity contribution in [2.24, 2.45) is 0 Å². The smallest absolute Gasteiger partial charge is 0.252 e. The number of carbonyl (C=O) groups excluding carboxylic acids is 1. The van der Waals surface area contributed by atoms with E-state index in [1.807, 2.05) is 6.20 Å². The molecule has 0 spiro atoms. The molecule has 1 fully saturated rings. The lowest BCUT2D eigenvalue weighted by Gasteiger charge is -2.19. The van der Waals surface area contributed by atoms with Gasteiger partial charge in [0.05, 0.1) is 5.01 Å². The van der Waals surface area contributed by atoms with E-state index in [4.69, 9.17) is 0 Å². The highest BCUT2D eigenvalue weighted by Crippen LogP contribution is 2.27. The van der Waals surface area contributed by atoms with E-state index >= 15 is 0 Å². The first-order valence-corrected chi connectivity index (χ1v) is 8.13. The molecule has 4 nitrogen and oxygen atoms in total. The molecule has 0 radical (unpaired) electrons. The van der Waals surface area contributed by atoms with E-state index in [0.717, 1.165) is 23.6 Å². The summed E-state index contributed by atoms with van der Waals surface area (Å²) in [6, 6.07) is 0. The minimum atomic E-state index is -1.15. The third-order valence-electron chi connectivity index (χ3n) is 3.00. The lowest BCUT2D eigenvalue weighted by atomic mass is 10.0. The van der Waals surface area contributed by atoms with Gasteiger partial charge in [0.2, 0.25) is 0 Å². The second-order valence-corrected chi connectivity index (χ2v) is 6.72. The molecule has 1 aliphatic rings. The molecular formula is C12H18N2O2S2. The largest absolute Gasteiger partial charge is 0.379 e. The summed E-state index contributed by atoms with van der Waals surface area (Å²) in [6.07, 6.45) is 4.18. The van der Waals surface area contributed by atoms with Gasteiger partial charge < -0.3 is 10.4 Å². The first kappa shape index (κ1) is 13.8. The Balaban J connectivity index is 1.76. The van der Waals surface area contributed by atoms with Crippen molar-refractivity contribution < 1.29 is 9.90 Å². The number of amides is 1. The number of nitrogens with zero attached hydrogens (tertiary/aromatic N) is 1. The molecule has 2 N–H and O–H groups in total. The van der Waals surface area contributed by atoms with E-state index in [-0.39, 0.29) is 5.91 Å². The number of rotatable bonds is 5. The van der Waals surface area contributed by atoms with Crippen molar-refractivity contribution in [2.45, 2.75) is 31.8 Å². The minimum Gasteiger partial charge on any atom is -0.379 e. The molecule has 1 aromatic rings. The van der Waals surface area contributed by atoms with Gasteiger partial charge in [-0.25, -0.2) is 4.98 Å². The molecule has 2 rings (SSSR count). The van der Waals surface area contributed by atoms with Gasteiger partial charge in [0.1, 0.15) is 0 Å². The molecule has 6 heteroatoms. The highest BCUT2D eigenvalue weighted by molar-refractivity contribution is 7.99. The number of carbonyl (C=O) groups is 1. The van der Waals surface area contributed by atoms with Crippen molar-refractivity contribution in [2.75, 3.05) is 18.1 Å². The highest BCUT2D eigenvalue weighted by atomic mass is 32.2. The molecule has 0 aliphatic carbocycles. The van der Waals surface area contributed by atoms with Gasteiger partial charge in [-0.2, -0.15) is 11.8 Å². The van der Waals surface area contributed by atoms with E-state index in [1.165, 1.54) is 4.88 Å². The first-order valence-electron chi connectivity index (χ1n) is 6.16. The van der Waals surface area contributed by atoms with Crippen molar-refractivity contribution >= 4 is 29.0 Å². The summed E-state index contributed by atoms with van der Waals surface area (Å²) >= 11 is 3.31. The van der Waals surface area contributed by atoms with Gasteiger partial charge in [0, 0.05) is 29.8 Å². The maximum absolute atomic E-state index is 11.8. The normalized spacial score (nSPS) is 23.2. The summed E-state index contributed by atoms with van der Waals surface area (Å²) in [4.78, 5) is 17.4. The highest BCUT2D eigenvalue weighted by Gasteiger charge is 2.39. The number of hydrogen-bond donors (Lipinski definition) is 2. The Hall–Kier alpha value is -0.590. The van der Waals surface area contributed by atoms with Gasteiger partial charge in [-0.1, -0.05) is 6.92 Å². The van der Waals surface area contributed by atoms with Crippen LogP contribution in [0.1, 0.15) is 23.2 Å². The molecule has 0 bridgehead atoms. The van der Waals surface area contributed by atoms with Crippen LogP contribution in [0.5, 0.6) is 0 Å². The van der Waals surface area contributed by atoms with Gasteiger partial charge in [-0.3, -0.25) is 4.79 Å². The summed E-state index contributed by atoms with van der Waals surface area (Å²) in [5.74, 6) is 1.13. The van der Waals surface area contributed by atoms with Crippen molar-refractivity contribution in [3.05, 3.63) is 16.1 Å². The summed E-state index contributed by atoms with van der Waals surface area (Å²) in [5.41, 5.74) is -1.15. The number of aryl methyl sites for hydroxylation is 1. The van der Waals surface area contributed by atoms with Crippen molar-refractivity contribution in [3.63, 3.8) is 0 Å². The van der Waals surface area contributed by atoms with E-state index in [9.17, 15) is 9.90 Å². The Labute approximate surface area is 115 Å². The molecule has 0 aromatic carbocycles. The van der Waals surface area contributed by atoms with Crippen LogP contribution in [0.15, 0.2) is 6.20 Å². The van der Waals surface area contributed by atoms with E-state index in [0.29, 0.717) is 18.7 Å². The molecule has 18 heavy (non-hydrogen) atoms. The third-order valence-corrected chi connectivity index (χ3v) is 5.37. The zero-order chi connectivity index (χ0) is 13.0. The number of nitrogens with one attached hydrogen (secondary N) is 1. The van der Waals surface area contributed by atoms with Crippen LogP contribution in [0.2, 0.25) is 0 Å². The fourth-order valence-electron chi connectivity index (χ4n) is 1.81. The molecular weight excluding hydrogens is 268 g/mol. The van der Waals surface area contributed by atoms with Crippen LogP contribution < -0.4 is 5.32 Å². The molecule has 1 aromatic heterocycles. The molecule has 1 aliphatic heterocycles. The Morgan fingerprint density at radius 1 is 1.67 bits per heavy atom. The fourth-order valence-corrected chi connectivity index (χ4v) is 3.91. The van der Waals surface area contributed by atoms with E-state index < -0.39 is 5.60 Å². The average Bonchev–Trinajstić information content (AvgIpc) is 2.99. The first-order chi connectivity index (χ1) is 8.64. The van der Waals surface area contributed by atoms with Gasteiger partial charge in [-0.15, -0.1) is 11.3 Å². The third kappa shape index (κ3) is 3.24. The quantitative estimate of drug-likeness (QED) is 0.855. The monoisotopic (exact) mass is 286 g/mol. The zero-order valence-electron chi connectivity index (χ0n) is 10.4. The number of aromatic nitrogens is 1. The number of hydrogen-bond acceptors (Lipinski definition) is 5. The second-order valence-electron chi connectivity index (χ2n) is 4.41. The summed E-state index contributed by atoms with van der Waals surface area (Å²) < 4.78 is 0. The van der Waals surface area contributed by atoms with Crippen LogP contribution in [0, 0.1) is 0 Å². The Morgan fingerprint density at radius 2 is 2.50 bits per heavy atom. The molecule has 0 saturated carbocycles. The topological polar surface area (TPSA) is 62.2 Å². The SMILES string of the molecule is CCc1cnc(CCNC(=O)C2(O)CCSC2)s1. The Morgan fingerprint density at radius 3 is 3.11 bits per heavy atom. The van der Waals surface area contributed by atoms with Crippen LogP contribution >= 0.6 is 23.1 Å². The van der Waals surface area contributed by atoms with Crippen LogP contribution in [0.4, 0.5) is 0 Å². The minimum absolute atomic E-state index is 0.236. The van der Waals surface area contributed by atoms with Crippen molar-refractivity contribution in [3.8, 4) is 0 Å². The molecule has 100 valence electrons. The standard InChI is InChI=1S/C12H18N2O2S2/c1-2-9-7-14-10(18-9)3-5-13-11(15)12(16)4-6-17-8-12/h7,16H,2-6,8H2,1H3,(H,13,15). The van der Waals surface area contributed by atoms with E-state index in [2.05, 4.69) is 17.2 Å². The van der Waals surface area contributed by atoms with Gasteiger partial charge in [0.15, 0.2) is 5.60 Å². The number of thiazole rings is 1. The molecule has 1 amide bonds. The fraction of sp³-hybridized carbons (Fsp3) is 0.667. The van der Waals surface area contributed by atoms with Crippen LogP contribution in [0.3, 0.4) is 0 Å². The maximum Gasteiger partial charge on any atom is 0.252 e. The molecule has 1 saturated heterocycles.